The Morgan fingerprint density at radius 1 is 1.42 bits per heavy atom. The van der Waals surface area contributed by atoms with Gasteiger partial charge in [-0.15, -0.1) is 0 Å². The molecule has 0 aromatic carbocycles. The van der Waals surface area contributed by atoms with Gasteiger partial charge in [-0.3, -0.25) is 0 Å². The van der Waals surface area contributed by atoms with Crippen molar-refractivity contribution in [1.29, 1.82) is 0 Å². The van der Waals surface area contributed by atoms with E-state index >= 15 is 0 Å². The Bertz CT molecular complexity index is 104. The average Bonchev–Trinajstić information content (AvgIpc) is 2.59. The van der Waals surface area contributed by atoms with E-state index in [1.165, 1.54) is 25.7 Å². The molecule has 1 aliphatic rings. The molecule has 2 nitrogen and oxygen atoms in total. The maximum Gasteiger partial charge on any atom is 0.0700 e. The van der Waals surface area contributed by atoms with Gasteiger partial charge < -0.3 is 10.1 Å². The summed E-state index contributed by atoms with van der Waals surface area (Å²) in [6.07, 6.45) is 5.43. The quantitative estimate of drug-likeness (QED) is 0.682. The highest BCUT2D eigenvalue weighted by atomic mass is 16.5. The first-order chi connectivity index (χ1) is 5.86. The van der Waals surface area contributed by atoms with Crippen molar-refractivity contribution in [3.05, 3.63) is 0 Å². The van der Waals surface area contributed by atoms with E-state index < -0.39 is 0 Å². The van der Waals surface area contributed by atoms with Crippen LogP contribution in [0.4, 0.5) is 0 Å². The molecule has 0 amide bonds. The van der Waals surface area contributed by atoms with Crippen LogP contribution in [0.5, 0.6) is 0 Å². The molecule has 1 aliphatic heterocycles. The summed E-state index contributed by atoms with van der Waals surface area (Å²) in [4.78, 5) is 0. The highest BCUT2D eigenvalue weighted by Crippen LogP contribution is 2.11. The largest absolute Gasteiger partial charge is 0.377 e. The number of nitrogens with one attached hydrogen (secondary N) is 1. The van der Waals surface area contributed by atoms with E-state index in [2.05, 4.69) is 19.2 Å². The normalized spacial score (nSPS) is 23.8. The fourth-order valence-corrected chi connectivity index (χ4v) is 1.68. The second-order valence-electron chi connectivity index (χ2n) is 3.56. The van der Waals surface area contributed by atoms with Gasteiger partial charge in [0, 0.05) is 19.2 Å². The summed E-state index contributed by atoms with van der Waals surface area (Å²) < 4.78 is 5.53. The first-order valence-corrected chi connectivity index (χ1v) is 5.21. The maximum absolute atomic E-state index is 5.53. The number of ether oxygens (including phenoxy) is 1. The predicted molar refractivity (Wildman–Crippen MR) is 51.3 cm³/mol. The van der Waals surface area contributed by atoms with Gasteiger partial charge in [-0.25, -0.2) is 0 Å². The van der Waals surface area contributed by atoms with Crippen molar-refractivity contribution in [2.45, 2.75) is 51.7 Å². The minimum atomic E-state index is 0.491. The van der Waals surface area contributed by atoms with Crippen molar-refractivity contribution in [3.63, 3.8) is 0 Å². The van der Waals surface area contributed by atoms with Crippen molar-refractivity contribution in [2.75, 3.05) is 13.2 Å². The summed E-state index contributed by atoms with van der Waals surface area (Å²) in [5.41, 5.74) is 0. The zero-order valence-corrected chi connectivity index (χ0v) is 8.31. The lowest BCUT2D eigenvalue weighted by molar-refractivity contribution is 0.107. The van der Waals surface area contributed by atoms with Gasteiger partial charge in [-0.2, -0.15) is 0 Å². The SMILES string of the molecule is CCC(CC)NCC1CCCO1. The van der Waals surface area contributed by atoms with Crippen LogP contribution in [-0.2, 0) is 4.74 Å². The van der Waals surface area contributed by atoms with Crippen LogP contribution in [0.25, 0.3) is 0 Å². The second kappa shape index (κ2) is 5.55. The van der Waals surface area contributed by atoms with Crippen LogP contribution >= 0.6 is 0 Å². The lowest BCUT2D eigenvalue weighted by atomic mass is 10.1. The van der Waals surface area contributed by atoms with Crippen LogP contribution in [0.15, 0.2) is 0 Å². The molecule has 0 saturated carbocycles. The van der Waals surface area contributed by atoms with Crippen LogP contribution in [0, 0.1) is 0 Å². The van der Waals surface area contributed by atoms with Crippen LogP contribution in [0.1, 0.15) is 39.5 Å². The smallest absolute Gasteiger partial charge is 0.0700 e. The highest BCUT2D eigenvalue weighted by Gasteiger charge is 2.15. The van der Waals surface area contributed by atoms with Gasteiger partial charge in [0.1, 0.15) is 0 Å². The van der Waals surface area contributed by atoms with Gasteiger partial charge >= 0.3 is 0 Å². The van der Waals surface area contributed by atoms with Crippen LogP contribution in [0.2, 0.25) is 0 Å². The minimum Gasteiger partial charge on any atom is -0.377 e. The standard InChI is InChI=1S/C10H21NO/c1-3-9(4-2)11-8-10-6-5-7-12-10/h9-11H,3-8H2,1-2H3. The molecule has 0 aliphatic carbocycles. The third-order valence-corrected chi connectivity index (χ3v) is 2.64. The second-order valence-corrected chi connectivity index (χ2v) is 3.56. The predicted octanol–water partition coefficient (Wildman–Crippen LogP) is 1.94. The van der Waals surface area contributed by atoms with E-state index in [9.17, 15) is 0 Å². The molecule has 0 aromatic heterocycles. The fraction of sp³-hybridized carbons (Fsp3) is 1.00. The monoisotopic (exact) mass is 171 g/mol. The molecule has 0 bridgehead atoms. The zero-order valence-electron chi connectivity index (χ0n) is 8.31. The molecule has 1 N–H and O–H groups in total. The molecule has 1 heterocycles. The van der Waals surface area contributed by atoms with Crippen molar-refractivity contribution < 1.29 is 4.74 Å². The van der Waals surface area contributed by atoms with Crippen molar-refractivity contribution in [1.82, 2.24) is 5.32 Å². The van der Waals surface area contributed by atoms with Crippen LogP contribution < -0.4 is 5.32 Å². The van der Waals surface area contributed by atoms with Crippen LogP contribution in [0.3, 0.4) is 0 Å². The minimum absolute atomic E-state index is 0.491. The van der Waals surface area contributed by atoms with Gasteiger partial charge in [0.05, 0.1) is 6.10 Å². The third-order valence-electron chi connectivity index (χ3n) is 2.64. The summed E-state index contributed by atoms with van der Waals surface area (Å²) >= 11 is 0. The summed E-state index contributed by atoms with van der Waals surface area (Å²) in [6.45, 7) is 6.48. The molecule has 0 aromatic rings. The van der Waals surface area contributed by atoms with E-state index in [0.717, 1.165) is 13.2 Å². The molecule has 1 unspecified atom stereocenters. The Morgan fingerprint density at radius 2 is 2.17 bits per heavy atom. The molecule has 0 radical (unpaired) electrons. The summed E-state index contributed by atoms with van der Waals surface area (Å²) in [7, 11) is 0. The Kier molecular flexibility index (Phi) is 4.62. The molecule has 1 rings (SSSR count). The lowest BCUT2D eigenvalue weighted by Gasteiger charge is -2.17. The molecular formula is C10H21NO. The van der Waals surface area contributed by atoms with Gasteiger partial charge in [-0.05, 0) is 25.7 Å². The Labute approximate surface area is 75.7 Å². The van der Waals surface area contributed by atoms with Crippen molar-refractivity contribution in [2.24, 2.45) is 0 Å². The summed E-state index contributed by atoms with van der Waals surface area (Å²) in [5.74, 6) is 0. The molecule has 72 valence electrons. The van der Waals surface area contributed by atoms with E-state index in [4.69, 9.17) is 4.74 Å². The van der Waals surface area contributed by atoms with E-state index in [0.29, 0.717) is 12.1 Å². The first-order valence-electron chi connectivity index (χ1n) is 5.21. The third kappa shape index (κ3) is 3.11. The fourth-order valence-electron chi connectivity index (χ4n) is 1.68. The zero-order chi connectivity index (χ0) is 8.81. The molecule has 2 heteroatoms. The van der Waals surface area contributed by atoms with E-state index in [-0.39, 0.29) is 0 Å². The summed E-state index contributed by atoms with van der Waals surface area (Å²) in [6, 6.07) is 0.689. The molecule has 1 fully saturated rings. The highest BCUT2D eigenvalue weighted by molar-refractivity contribution is 4.71. The molecular weight excluding hydrogens is 150 g/mol. The van der Waals surface area contributed by atoms with Gasteiger partial charge in [0.2, 0.25) is 0 Å². The Hall–Kier alpha value is -0.0800. The van der Waals surface area contributed by atoms with Crippen molar-refractivity contribution in [3.8, 4) is 0 Å². The van der Waals surface area contributed by atoms with Gasteiger partial charge in [0.25, 0.3) is 0 Å². The Morgan fingerprint density at radius 3 is 2.67 bits per heavy atom. The Balaban J connectivity index is 2.06. The number of hydrogen-bond acceptors (Lipinski definition) is 2. The van der Waals surface area contributed by atoms with Gasteiger partial charge in [0.15, 0.2) is 0 Å². The van der Waals surface area contributed by atoms with Crippen molar-refractivity contribution >= 4 is 0 Å². The summed E-state index contributed by atoms with van der Waals surface area (Å²) in [5, 5.41) is 3.54. The molecule has 1 atom stereocenters. The number of rotatable bonds is 5. The lowest BCUT2D eigenvalue weighted by Crippen LogP contribution is -2.34. The van der Waals surface area contributed by atoms with E-state index in [1.54, 1.807) is 0 Å². The molecule has 0 spiro atoms. The van der Waals surface area contributed by atoms with Gasteiger partial charge in [-0.1, -0.05) is 13.8 Å². The average molecular weight is 171 g/mol. The van der Waals surface area contributed by atoms with Crippen LogP contribution in [-0.4, -0.2) is 25.3 Å². The number of hydrogen-bond donors (Lipinski definition) is 1. The topological polar surface area (TPSA) is 21.3 Å². The molecule has 1 saturated heterocycles. The maximum atomic E-state index is 5.53. The van der Waals surface area contributed by atoms with E-state index in [1.807, 2.05) is 0 Å². The molecule has 12 heavy (non-hydrogen) atoms. The first kappa shape index (κ1) is 10.0.